The summed E-state index contributed by atoms with van der Waals surface area (Å²) in [5, 5.41) is 50.5. The van der Waals surface area contributed by atoms with Crippen LogP contribution in [0.15, 0.2) is 216 Å². The summed E-state index contributed by atoms with van der Waals surface area (Å²) in [5.41, 5.74) is 11.4. The number of fused-ring (bicyclic) bond motifs is 6. The van der Waals surface area contributed by atoms with Crippen LogP contribution in [0.1, 0.15) is 289 Å². The van der Waals surface area contributed by atoms with Gasteiger partial charge < -0.3 is 51.6 Å². The van der Waals surface area contributed by atoms with Crippen LogP contribution >= 0.6 is 0 Å². The molecule has 23 nitrogen and oxygen atoms in total. The highest BCUT2D eigenvalue weighted by Gasteiger charge is 2.44. The first-order valence-electron chi connectivity index (χ1n) is 51.6. The Morgan fingerprint density at radius 3 is 1.19 bits per heavy atom. The van der Waals surface area contributed by atoms with Gasteiger partial charge in [-0.3, -0.25) is 19.2 Å². The minimum absolute atomic E-state index is 0. The zero-order chi connectivity index (χ0) is 104. The first kappa shape index (κ1) is 119. The normalized spacial score (nSPS) is 15.0. The monoisotopic (exact) mass is 2010 g/mol. The lowest BCUT2D eigenvalue weighted by atomic mass is 9.71. The molecule has 772 valence electrons. The van der Waals surface area contributed by atoms with Crippen molar-refractivity contribution in [2.24, 2.45) is 0 Å². The van der Waals surface area contributed by atoms with E-state index in [-0.39, 0.29) is 80.6 Å². The Morgan fingerprint density at radius 1 is 0.451 bits per heavy atom. The molecule has 5 unspecified atom stereocenters. The third-order valence-corrected chi connectivity index (χ3v) is 41.8. The Labute approximate surface area is 853 Å². The highest BCUT2D eigenvalue weighted by Crippen LogP contribution is 2.46. The van der Waals surface area contributed by atoms with E-state index < -0.39 is 54.2 Å². The summed E-state index contributed by atoms with van der Waals surface area (Å²) in [5.74, 6) is -1.07. The number of allylic oxidation sites excluding steroid dienone is 2. The number of carboxylic acids is 1. The number of nitrogens with zero attached hydrogens (tertiary/aromatic N) is 5. The number of amides is 2. The van der Waals surface area contributed by atoms with Crippen molar-refractivity contribution in [3.63, 3.8) is 0 Å². The number of aliphatic hydroxyl groups is 2. The lowest BCUT2D eigenvalue weighted by Gasteiger charge is -2.43. The van der Waals surface area contributed by atoms with Crippen LogP contribution in [0.3, 0.4) is 0 Å². The van der Waals surface area contributed by atoms with Gasteiger partial charge >= 0.3 is 17.3 Å². The van der Waals surface area contributed by atoms with Crippen LogP contribution in [-0.2, 0) is 48.3 Å². The third-order valence-electron chi connectivity index (χ3n) is 28.3. The van der Waals surface area contributed by atoms with Crippen molar-refractivity contribution in [2.45, 2.75) is 374 Å². The molecule has 0 spiro atoms. The molecular weight excluding hydrogens is 1850 g/mol. The highest BCUT2D eigenvalue weighted by molar-refractivity contribution is 6.75. The molecule has 2 amide bonds. The second kappa shape index (κ2) is 55.7. The van der Waals surface area contributed by atoms with Crippen LogP contribution in [0.25, 0.3) is 77.9 Å². The van der Waals surface area contributed by atoms with Gasteiger partial charge in [-0.2, -0.15) is 10.2 Å². The molecule has 0 aliphatic heterocycles. The highest BCUT2D eigenvalue weighted by atomic mass is 35.5. The molecule has 12 rings (SSSR count). The molecule has 10 aromatic rings. The van der Waals surface area contributed by atoms with E-state index in [9.17, 15) is 43.8 Å². The lowest BCUT2D eigenvalue weighted by Crippen LogP contribution is -3.00. The van der Waals surface area contributed by atoms with Gasteiger partial charge in [-0.1, -0.05) is 315 Å². The summed E-state index contributed by atoms with van der Waals surface area (Å²) in [6.45, 7) is 47.5. The number of hydrogen-bond donors (Lipinski definition) is 7. The van der Waals surface area contributed by atoms with Crippen LogP contribution in [0.4, 0.5) is 0 Å². The van der Waals surface area contributed by atoms with Crippen molar-refractivity contribution in [2.75, 3.05) is 0 Å². The first-order chi connectivity index (χ1) is 66.7. The summed E-state index contributed by atoms with van der Waals surface area (Å²) < 4.78 is 22.4. The van der Waals surface area contributed by atoms with E-state index in [1.54, 1.807) is 49.7 Å². The first-order valence-corrected chi connectivity index (χ1v) is 60.3. The van der Waals surface area contributed by atoms with Gasteiger partial charge in [-0.25, -0.2) is 43.4 Å². The van der Waals surface area contributed by atoms with Crippen LogP contribution in [0.2, 0.25) is 54.4 Å². The van der Waals surface area contributed by atoms with Crippen molar-refractivity contribution in [1.82, 2.24) is 44.8 Å². The van der Waals surface area contributed by atoms with Gasteiger partial charge in [0.25, 0.3) is 0 Å². The van der Waals surface area contributed by atoms with E-state index in [0.29, 0.717) is 17.7 Å². The molecule has 2 saturated carbocycles. The number of hydrogen-bond acceptors (Lipinski definition) is 15. The minimum Gasteiger partial charge on any atom is -1.00 e. The number of carboxylic acid groups (broad SMARTS) is 1. The third kappa shape index (κ3) is 35.0. The van der Waals surface area contributed by atoms with Gasteiger partial charge in [0.05, 0.1) is 63.8 Å². The number of halogens is 1. The topological polar surface area (TPSA) is 325 Å². The molecule has 142 heavy (non-hydrogen) atoms. The maximum atomic E-state index is 13.5. The predicted molar refractivity (Wildman–Crippen MR) is 584 cm³/mol. The molecular formula is C115H165ClN10O13Si3. The van der Waals surface area contributed by atoms with Crippen LogP contribution in [0, 0.1) is 0 Å². The summed E-state index contributed by atoms with van der Waals surface area (Å²) in [6.07, 6.45) is 45.5. The van der Waals surface area contributed by atoms with E-state index >= 15 is 0 Å². The molecule has 0 saturated heterocycles. The molecule has 5 atom stereocenters. The average molecular weight is 2020 g/mol. The van der Waals surface area contributed by atoms with Crippen LogP contribution in [0.5, 0.6) is 0 Å². The van der Waals surface area contributed by atoms with E-state index in [0.717, 1.165) is 225 Å². The van der Waals surface area contributed by atoms with Crippen molar-refractivity contribution < 1.29 is 70.0 Å². The molecule has 0 bridgehead atoms. The minimum atomic E-state index is -1.99. The number of rotatable bonds is 44. The van der Waals surface area contributed by atoms with Crippen LogP contribution in [-0.4, -0.2) is 134 Å². The Kier molecular flexibility index (Phi) is 46.6. The lowest BCUT2D eigenvalue weighted by molar-refractivity contribution is -0.330. The predicted octanol–water partition coefficient (Wildman–Crippen LogP) is 23.0. The van der Waals surface area contributed by atoms with Gasteiger partial charge in [-0.05, 0) is 210 Å². The number of nitrogens with one attached hydrogen (secondary N) is 5. The number of aromatic amines is 3. The number of H-pyrrole nitrogens is 3. The number of carbonyl (C=O) groups excluding carboxylic acids is 4. The summed E-state index contributed by atoms with van der Waals surface area (Å²) in [4.78, 5) is 91.7. The molecule has 4 aromatic carbocycles. The van der Waals surface area contributed by atoms with Crippen molar-refractivity contribution >= 4 is 87.4 Å². The van der Waals surface area contributed by atoms with Gasteiger partial charge in [0.15, 0.2) is 47.8 Å². The van der Waals surface area contributed by atoms with Gasteiger partial charge in [0.2, 0.25) is 23.0 Å². The quantitative estimate of drug-likeness (QED) is 0.0106. The van der Waals surface area contributed by atoms with Crippen molar-refractivity contribution in [1.29, 1.82) is 0 Å². The molecule has 2 aliphatic rings. The Morgan fingerprint density at radius 2 is 0.803 bits per heavy atom. The fraction of sp³-hybridized carbons (Fsp3) is 0.504. The van der Waals surface area contributed by atoms with Crippen molar-refractivity contribution in [3.8, 4) is 44.8 Å². The maximum absolute atomic E-state index is 13.5. The van der Waals surface area contributed by atoms with Gasteiger partial charge in [0, 0.05) is 58.8 Å². The second-order valence-corrected chi connectivity index (χ2v) is 57.0. The van der Waals surface area contributed by atoms with E-state index in [4.69, 9.17) is 23.4 Å². The second-order valence-electron chi connectivity index (χ2n) is 42.7. The molecule has 6 aromatic heterocycles. The van der Waals surface area contributed by atoms with Crippen LogP contribution < -0.4 is 39.4 Å². The number of ketones is 2. The maximum Gasteiger partial charge on any atom is 0.347 e. The number of aliphatic hydroxyl groups excluding tert-OH is 2. The zero-order valence-electron chi connectivity index (χ0n) is 88.9. The van der Waals surface area contributed by atoms with E-state index in [2.05, 4.69) is 257 Å². The van der Waals surface area contributed by atoms with E-state index in [1.165, 1.54) is 46.8 Å². The molecule has 27 heteroatoms. The zero-order valence-corrected chi connectivity index (χ0v) is 92.7. The molecule has 2 aliphatic carbocycles. The summed E-state index contributed by atoms with van der Waals surface area (Å²) >= 11 is 0. The Balaban J connectivity index is 0.000000264. The fourth-order valence-electron chi connectivity index (χ4n) is 16.4. The number of benzene rings is 4. The smallest absolute Gasteiger partial charge is 0.347 e. The molecule has 2 fully saturated rings. The number of carbonyl (C=O) groups is 5. The fourth-order valence-corrected chi connectivity index (χ4v) is 20.3. The SMILES string of the molecule is CCCCCC(/C=C/C(=O)NC1(c2ccc(-c3nc4ccn5c(=O)[nH]nc5c4cc3-c3ccccc3)cc2)CCC1)O[Si](C)(C)C(C)(C)C.CCCCCC(/C=C/C(=O)O)O[Si](C)(C)C(C)(C)C.CCCCCC(/C=C/C(C)=O)O[Si](C)(C)C(C)(C)C.CCCCCC(O)/C=C/C(=O)NC1(c2ccc(-c3[nH+]c4ccn5c(=O)[nH]nc5c4cc3-c3ccccc3)cc2)CCC1.CCCCCC(O)/C=C/C(C)=O.[Cl-]. The largest absolute Gasteiger partial charge is 1.00 e. The van der Waals surface area contributed by atoms with Crippen molar-refractivity contribution in [3.05, 3.63) is 239 Å². The molecule has 0 radical (unpaired) electrons. The molecule has 6 heterocycles. The number of aromatic nitrogens is 8. The summed E-state index contributed by atoms with van der Waals surface area (Å²) in [7, 11) is -5.59. The van der Waals surface area contributed by atoms with Gasteiger partial charge in [0.1, 0.15) is 0 Å². The number of unbranched alkanes of at least 4 members (excludes halogenated alkanes) is 10. The Bertz CT molecular complexity index is 5890. The Hall–Kier alpha value is -10.3. The molecule has 8 N–H and O–H groups in total. The van der Waals surface area contributed by atoms with E-state index in [1.807, 2.05) is 60.7 Å². The summed E-state index contributed by atoms with van der Waals surface area (Å²) in [6, 6.07) is 45.0. The standard InChI is InChI=1S/C40H49N5O3Si.C34H35N5O3.C16H32O2Si.C15H30O3Si.C10H18O2.ClH/c1-7-8-10-16-31(48-49(5,6)39(2,3)4)21-22-35(46)42-40(24-13-25-40)30-19-17-29(18-20-30)36-32(28-14-11-9-12-15-28)27-33-34(41-36)23-26-45-37(33)43-44-38(45)47;1-2-3-5-11-26(40)16-17-30(41)36-34(19-8-20-34)25-14-12-24(13-15-25)31-27(23-9-6-4-7-10-23)22-28-29(35-31)18-21-39-32(28)37-38-33(39)42;1-8-9-10-11-15(13-12-14(2)17)18-19(6,7)16(3,4)5;1-7-8-9-10-13(11-12-14(16)17)18-19(5,6)15(2,3)4;1-3-4-5-6-10(12)8-7-9(2)11;/h9,11-12,14-15,17-23,26-27,31H,7-8,10,13,16,24-25H2,1-6H3,(H,42,46)(H,44,47);4,6-7,9-10,12-18,21-22,26,40H,2-3,5,8,11,19-20H2,1H3,(H,36,41)(H,38,42);12-13,15H,8-11H2,1-7H3;11-13H,7-10H2,1-6H3,(H,16,17);7-8,10,12H,3-6H2,1-2H3;1H/b22-21+;17-16+;13-12+;12-11+;8-7+;. The number of pyridine rings is 4. The average Bonchev–Trinajstić information content (AvgIpc) is 1.55. The van der Waals surface area contributed by atoms with Gasteiger partial charge in [-0.15, -0.1) is 0 Å². The number of aliphatic carboxylic acids is 1.